The van der Waals surface area contributed by atoms with Crippen molar-refractivity contribution in [3.63, 3.8) is 0 Å². The monoisotopic (exact) mass is 224 g/mol. The Bertz CT molecular complexity index is 371. The van der Waals surface area contributed by atoms with Crippen LogP contribution in [0.5, 0.6) is 11.5 Å². The predicted molar refractivity (Wildman–Crippen MR) is 60.1 cm³/mol. The third kappa shape index (κ3) is 2.89. The third-order valence-corrected chi connectivity index (χ3v) is 1.95. The van der Waals surface area contributed by atoms with Crippen LogP contribution in [-0.2, 0) is 4.74 Å². The van der Waals surface area contributed by atoms with Crippen molar-refractivity contribution in [3.8, 4) is 11.5 Å². The van der Waals surface area contributed by atoms with E-state index in [-0.39, 0.29) is 6.10 Å². The maximum Gasteiger partial charge on any atom is 0.341 e. The summed E-state index contributed by atoms with van der Waals surface area (Å²) in [4.78, 5) is 11.5. The Morgan fingerprint density at radius 2 is 1.94 bits per heavy atom. The van der Waals surface area contributed by atoms with Gasteiger partial charge >= 0.3 is 5.97 Å². The number of carbonyl (C=O) groups excluding carboxylic acids is 1. The van der Waals surface area contributed by atoms with Crippen LogP contribution < -0.4 is 9.47 Å². The van der Waals surface area contributed by atoms with Gasteiger partial charge in [0.15, 0.2) is 0 Å². The van der Waals surface area contributed by atoms with Crippen LogP contribution in [0, 0.1) is 0 Å². The van der Waals surface area contributed by atoms with Crippen LogP contribution in [0.4, 0.5) is 0 Å². The minimum atomic E-state index is -0.439. The highest BCUT2D eigenvalue weighted by Crippen LogP contribution is 2.25. The molecule has 0 aromatic heterocycles. The summed E-state index contributed by atoms with van der Waals surface area (Å²) >= 11 is 0. The van der Waals surface area contributed by atoms with Crippen LogP contribution in [0.15, 0.2) is 18.2 Å². The number of ether oxygens (including phenoxy) is 3. The van der Waals surface area contributed by atoms with Crippen molar-refractivity contribution in [1.82, 2.24) is 0 Å². The second-order valence-electron chi connectivity index (χ2n) is 3.52. The lowest BCUT2D eigenvalue weighted by Crippen LogP contribution is -2.08. The molecular weight excluding hydrogens is 208 g/mol. The minimum absolute atomic E-state index is 0.0545. The maximum atomic E-state index is 11.5. The molecular formula is C12H16O4. The van der Waals surface area contributed by atoms with E-state index in [9.17, 15) is 4.79 Å². The Morgan fingerprint density at radius 3 is 2.44 bits per heavy atom. The minimum Gasteiger partial charge on any atom is -0.496 e. The average molecular weight is 224 g/mol. The molecule has 16 heavy (non-hydrogen) atoms. The van der Waals surface area contributed by atoms with E-state index in [4.69, 9.17) is 9.47 Å². The molecule has 0 heterocycles. The van der Waals surface area contributed by atoms with Crippen molar-refractivity contribution in [1.29, 1.82) is 0 Å². The largest absolute Gasteiger partial charge is 0.496 e. The van der Waals surface area contributed by atoms with Gasteiger partial charge in [0.2, 0.25) is 0 Å². The molecule has 0 aliphatic rings. The molecule has 4 heteroatoms. The Hall–Kier alpha value is -1.71. The molecule has 0 saturated carbocycles. The fourth-order valence-corrected chi connectivity index (χ4v) is 1.30. The molecule has 0 amide bonds. The molecule has 0 atom stereocenters. The molecule has 1 rings (SSSR count). The lowest BCUT2D eigenvalue weighted by Gasteiger charge is -2.12. The average Bonchev–Trinajstić information content (AvgIpc) is 2.27. The Morgan fingerprint density at radius 1 is 1.25 bits per heavy atom. The Labute approximate surface area is 95.1 Å². The zero-order valence-corrected chi connectivity index (χ0v) is 9.94. The summed E-state index contributed by atoms with van der Waals surface area (Å²) in [6.45, 7) is 3.84. The third-order valence-electron chi connectivity index (χ3n) is 1.95. The van der Waals surface area contributed by atoms with Gasteiger partial charge in [0, 0.05) is 0 Å². The SMILES string of the molecule is COC(=O)c1cc(OC(C)C)ccc1OC. The van der Waals surface area contributed by atoms with Gasteiger partial charge in [0.25, 0.3) is 0 Å². The second kappa shape index (κ2) is 5.39. The van der Waals surface area contributed by atoms with Crippen LogP contribution in [0.3, 0.4) is 0 Å². The molecule has 0 aliphatic carbocycles. The van der Waals surface area contributed by atoms with Crippen LogP contribution in [-0.4, -0.2) is 26.3 Å². The highest BCUT2D eigenvalue weighted by molar-refractivity contribution is 5.92. The van der Waals surface area contributed by atoms with E-state index in [1.54, 1.807) is 18.2 Å². The van der Waals surface area contributed by atoms with Crippen LogP contribution in [0.25, 0.3) is 0 Å². The van der Waals surface area contributed by atoms with E-state index in [1.807, 2.05) is 13.8 Å². The first-order valence-electron chi connectivity index (χ1n) is 5.01. The van der Waals surface area contributed by atoms with Gasteiger partial charge in [-0.2, -0.15) is 0 Å². The van der Waals surface area contributed by atoms with Gasteiger partial charge < -0.3 is 14.2 Å². The van der Waals surface area contributed by atoms with Crippen molar-refractivity contribution < 1.29 is 19.0 Å². The first kappa shape index (κ1) is 12.4. The smallest absolute Gasteiger partial charge is 0.341 e. The first-order valence-corrected chi connectivity index (χ1v) is 5.01. The summed E-state index contributed by atoms with van der Waals surface area (Å²) in [5, 5.41) is 0. The zero-order valence-electron chi connectivity index (χ0n) is 9.94. The van der Waals surface area contributed by atoms with Crippen LogP contribution in [0.1, 0.15) is 24.2 Å². The van der Waals surface area contributed by atoms with Gasteiger partial charge in [-0.25, -0.2) is 4.79 Å². The van der Waals surface area contributed by atoms with Crippen molar-refractivity contribution in [2.45, 2.75) is 20.0 Å². The number of methoxy groups -OCH3 is 2. The molecule has 0 aliphatic heterocycles. The molecule has 0 unspecified atom stereocenters. The van der Waals surface area contributed by atoms with E-state index in [2.05, 4.69) is 4.74 Å². The van der Waals surface area contributed by atoms with Crippen LogP contribution >= 0.6 is 0 Å². The second-order valence-corrected chi connectivity index (χ2v) is 3.52. The molecule has 0 N–H and O–H groups in total. The normalized spacial score (nSPS) is 10.1. The number of benzene rings is 1. The summed E-state index contributed by atoms with van der Waals surface area (Å²) in [6, 6.07) is 5.06. The first-order chi connectivity index (χ1) is 7.58. The van der Waals surface area contributed by atoms with E-state index < -0.39 is 5.97 Å². The van der Waals surface area contributed by atoms with Gasteiger partial charge in [-0.3, -0.25) is 0 Å². The molecule has 1 aromatic rings. The molecule has 4 nitrogen and oxygen atoms in total. The summed E-state index contributed by atoms with van der Waals surface area (Å²) < 4.78 is 15.2. The zero-order chi connectivity index (χ0) is 12.1. The topological polar surface area (TPSA) is 44.8 Å². The molecule has 0 bridgehead atoms. The summed E-state index contributed by atoms with van der Waals surface area (Å²) in [5.41, 5.74) is 0.364. The van der Waals surface area contributed by atoms with Gasteiger partial charge in [-0.15, -0.1) is 0 Å². The Balaban J connectivity index is 3.06. The van der Waals surface area contributed by atoms with Crippen molar-refractivity contribution >= 4 is 5.97 Å². The highest BCUT2D eigenvalue weighted by Gasteiger charge is 2.14. The van der Waals surface area contributed by atoms with Crippen LogP contribution in [0.2, 0.25) is 0 Å². The molecule has 0 radical (unpaired) electrons. The number of hydrogen-bond acceptors (Lipinski definition) is 4. The predicted octanol–water partition coefficient (Wildman–Crippen LogP) is 2.27. The molecule has 0 saturated heterocycles. The van der Waals surface area contributed by atoms with E-state index >= 15 is 0 Å². The standard InChI is InChI=1S/C12H16O4/c1-8(2)16-9-5-6-11(14-3)10(7-9)12(13)15-4/h5-8H,1-4H3. The van der Waals surface area contributed by atoms with E-state index in [0.29, 0.717) is 17.1 Å². The number of esters is 1. The number of hydrogen-bond donors (Lipinski definition) is 0. The molecule has 88 valence electrons. The van der Waals surface area contributed by atoms with Crippen molar-refractivity contribution in [3.05, 3.63) is 23.8 Å². The molecule has 0 spiro atoms. The maximum absolute atomic E-state index is 11.5. The molecule has 0 fully saturated rings. The van der Waals surface area contributed by atoms with Gasteiger partial charge in [-0.1, -0.05) is 0 Å². The van der Waals surface area contributed by atoms with Gasteiger partial charge in [-0.05, 0) is 32.0 Å². The lowest BCUT2D eigenvalue weighted by atomic mass is 10.2. The van der Waals surface area contributed by atoms with E-state index in [1.165, 1.54) is 14.2 Å². The summed E-state index contributed by atoms with van der Waals surface area (Å²) in [5.74, 6) is 0.658. The summed E-state index contributed by atoms with van der Waals surface area (Å²) in [6.07, 6.45) is 0.0545. The number of carbonyl (C=O) groups is 1. The van der Waals surface area contributed by atoms with Gasteiger partial charge in [0.1, 0.15) is 17.1 Å². The number of rotatable bonds is 4. The van der Waals surface area contributed by atoms with Crippen molar-refractivity contribution in [2.24, 2.45) is 0 Å². The van der Waals surface area contributed by atoms with Crippen molar-refractivity contribution in [2.75, 3.05) is 14.2 Å². The molecule has 1 aromatic carbocycles. The summed E-state index contributed by atoms with van der Waals surface area (Å²) in [7, 11) is 2.84. The fraction of sp³-hybridized carbons (Fsp3) is 0.417. The quantitative estimate of drug-likeness (QED) is 0.736. The van der Waals surface area contributed by atoms with Gasteiger partial charge in [0.05, 0.1) is 20.3 Å². The highest BCUT2D eigenvalue weighted by atomic mass is 16.5. The lowest BCUT2D eigenvalue weighted by molar-refractivity contribution is 0.0596. The fourth-order valence-electron chi connectivity index (χ4n) is 1.30. The van der Waals surface area contributed by atoms with E-state index in [0.717, 1.165) is 0 Å². The Kier molecular flexibility index (Phi) is 4.17.